The van der Waals surface area contributed by atoms with Crippen LogP contribution >= 0.6 is 12.2 Å². The summed E-state index contributed by atoms with van der Waals surface area (Å²) in [5, 5.41) is 2.67. The molecule has 0 aromatic heterocycles. The minimum absolute atomic E-state index is 0.0633. The molecule has 1 fully saturated rings. The summed E-state index contributed by atoms with van der Waals surface area (Å²) < 4.78 is 22.1. The molecule has 0 aromatic rings. The van der Waals surface area contributed by atoms with E-state index < -0.39 is 15.3 Å². The molecule has 110 valence electrons. The molecule has 1 amide bonds. The zero-order valence-electron chi connectivity index (χ0n) is 11.3. The van der Waals surface area contributed by atoms with Crippen LogP contribution in [-0.4, -0.2) is 37.9 Å². The van der Waals surface area contributed by atoms with E-state index in [0.717, 1.165) is 31.9 Å². The molecule has 1 saturated carbocycles. The molecule has 19 heavy (non-hydrogen) atoms. The number of carbonyl (C=O) groups is 1. The van der Waals surface area contributed by atoms with E-state index in [1.165, 1.54) is 0 Å². The second-order valence-corrected chi connectivity index (χ2v) is 7.95. The number of nitrogens with two attached hydrogens (primary N) is 1. The Morgan fingerprint density at radius 3 is 2.21 bits per heavy atom. The molecule has 0 radical (unpaired) electrons. The lowest BCUT2D eigenvalue weighted by Gasteiger charge is -2.30. The van der Waals surface area contributed by atoms with Gasteiger partial charge in [0, 0.05) is 12.8 Å². The molecular weight excluding hydrogens is 284 g/mol. The third kappa shape index (κ3) is 4.72. The van der Waals surface area contributed by atoms with Gasteiger partial charge in [-0.2, -0.15) is 0 Å². The fourth-order valence-electron chi connectivity index (χ4n) is 2.44. The normalized spacial score (nSPS) is 19.4. The van der Waals surface area contributed by atoms with Crippen LogP contribution in [0.3, 0.4) is 0 Å². The van der Waals surface area contributed by atoms with Crippen molar-refractivity contribution in [2.75, 3.05) is 18.6 Å². The van der Waals surface area contributed by atoms with Gasteiger partial charge in [0.15, 0.2) is 0 Å². The number of rotatable bonds is 5. The van der Waals surface area contributed by atoms with Crippen LogP contribution < -0.4 is 11.1 Å². The largest absolute Gasteiger partial charge is 0.392 e. The summed E-state index contributed by atoms with van der Waals surface area (Å²) in [6, 6.07) is 0. The van der Waals surface area contributed by atoms with Crippen molar-refractivity contribution < 1.29 is 13.2 Å². The fourth-order valence-corrected chi connectivity index (χ4v) is 3.21. The van der Waals surface area contributed by atoms with Gasteiger partial charge in [0.2, 0.25) is 5.91 Å². The van der Waals surface area contributed by atoms with Crippen molar-refractivity contribution in [2.45, 2.75) is 38.5 Å². The molecule has 1 aliphatic rings. The minimum atomic E-state index is -3.08. The lowest BCUT2D eigenvalue weighted by molar-refractivity contribution is -0.127. The van der Waals surface area contributed by atoms with Crippen molar-refractivity contribution in [2.24, 2.45) is 11.1 Å². The van der Waals surface area contributed by atoms with Crippen LogP contribution in [0.2, 0.25) is 0 Å². The Kier molecular flexibility index (Phi) is 5.73. The Hall–Kier alpha value is -0.690. The predicted octanol–water partition coefficient (Wildman–Crippen LogP) is 0.774. The molecular formula is C12H22N2O3S2. The fraction of sp³-hybridized carbons (Fsp3) is 0.833. The van der Waals surface area contributed by atoms with Gasteiger partial charge in [0.05, 0.1) is 16.2 Å². The highest BCUT2D eigenvalue weighted by Gasteiger charge is 2.41. The number of thiocarbonyl (C=S) groups is 1. The Morgan fingerprint density at radius 1 is 1.26 bits per heavy atom. The molecule has 0 aliphatic heterocycles. The molecule has 0 spiro atoms. The molecule has 0 heterocycles. The standard InChI is InChI=1S/C12H22N2O3S2/c1-19(16,17)9-8-14-11(15)12(10(13)18)6-4-2-3-5-7-12/h2-9H2,1H3,(H2,13,18)(H,14,15). The van der Waals surface area contributed by atoms with Crippen LogP contribution in [0.1, 0.15) is 38.5 Å². The lowest BCUT2D eigenvalue weighted by Crippen LogP contribution is -2.49. The summed E-state index contributed by atoms with van der Waals surface area (Å²) in [7, 11) is -3.08. The number of amides is 1. The summed E-state index contributed by atoms with van der Waals surface area (Å²) in [5.74, 6) is -0.280. The van der Waals surface area contributed by atoms with E-state index >= 15 is 0 Å². The zero-order valence-corrected chi connectivity index (χ0v) is 12.9. The first-order chi connectivity index (χ1) is 8.78. The van der Waals surface area contributed by atoms with Crippen molar-refractivity contribution in [3.8, 4) is 0 Å². The van der Waals surface area contributed by atoms with Crippen LogP contribution in [0.15, 0.2) is 0 Å². The molecule has 7 heteroatoms. The minimum Gasteiger partial charge on any atom is -0.392 e. The molecule has 1 rings (SSSR count). The molecule has 0 saturated heterocycles. The average molecular weight is 306 g/mol. The van der Waals surface area contributed by atoms with Crippen molar-refractivity contribution >= 4 is 33.0 Å². The summed E-state index contributed by atoms with van der Waals surface area (Å²) >= 11 is 5.09. The van der Waals surface area contributed by atoms with E-state index in [1.807, 2.05) is 0 Å². The molecule has 3 N–H and O–H groups in total. The van der Waals surface area contributed by atoms with E-state index in [-0.39, 0.29) is 23.2 Å². The third-order valence-electron chi connectivity index (χ3n) is 3.62. The maximum Gasteiger partial charge on any atom is 0.233 e. The highest BCUT2D eigenvalue weighted by molar-refractivity contribution is 7.90. The second-order valence-electron chi connectivity index (χ2n) is 5.25. The Morgan fingerprint density at radius 2 is 1.79 bits per heavy atom. The van der Waals surface area contributed by atoms with Crippen molar-refractivity contribution in [1.29, 1.82) is 0 Å². The van der Waals surface area contributed by atoms with E-state index in [2.05, 4.69) is 5.32 Å². The molecule has 5 nitrogen and oxygen atoms in total. The molecule has 0 bridgehead atoms. The van der Waals surface area contributed by atoms with Crippen LogP contribution in [0.25, 0.3) is 0 Å². The van der Waals surface area contributed by atoms with Gasteiger partial charge in [-0.3, -0.25) is 4.79 Å². The quantitative estimate of drug-likeness (QED) is 0.578. The van der Waals surface area contributed by atoms with Gasteiger partial charge in [-0.15, -0.1) is 0 Å². The highest BCUT2D eigenvalue weighted by Crippen LogP contribution is 2.35. The lowest BCUT2D eigenvalue weighted by atomic mass is 9.79. The van der Waals surface area contributed by atoms with Crippen LogP contribution in [-0.2, 0) is 14.6 Å². The van der Waals surface area contributed by atoms with Gasteiger partial charge in [0.1, 0.15) is 9.84 Å². The van der Waals surface area contributed by atoms with Gasteiger partial charge in [-0.05, 0) is 12.8 Å². The van der Waals surface area contributed by atoms with Gasteiger partial charge in [0.25, 0.3) is 0 Å². The first-order valence-electron chi connectivity index (χ1n) is 6.54. The van der Waals surface area contributed by atoms with Crippen molar-refractivity contribution in [1.82, 2.24) is 5.32 Å². The Labute approximate surface area is 120 Å². The number of hydrogen-bond acceptors (Lipinski definition) is 4. The summed E-state index contributed by atoms with van der Waals surface area (Å²) in [4.78, 5) is 12.6. The van der Waals surface area contributed by atoms with Crippen molar-refractivity contribution in [3.63, 3.8) is 0 Å². The number of sulfone groups is 1. The monoisotopic (exact) mass is 306 g/mol. The maximum absolute atomic E-state index is 12.3. The number of nitrogens with one attached hydrogen (secondary N) is 1. The number of carbonyl (C=O) groups excluding carboxylic acids is 1. The topological polar surface area (TPSA) is 89.3 Å². The van der Waals surface area contributed by atoms with Crippen molar-refractivity contribution in [3.05, 3.63) is 0 Å². The molecule has 1 aliphatic carbocycles. The van der Waals surface area contributed by atoms with Crippen LogP contribution in [0, 0.1) is 5.41 Å². The summed E-state index contributed by atoms with van der Waals surface area (Å²) in [5.41, 5.74) is 4.99. The Bertz CT molecular complexity index is 438. The zero-order chi connectivity index (χ0) is 14.5. The van der Waals surface area contributed by atoms with Crippen LogP contribution in [0.5, 0.6) is 0 Å². The van der Waals surface area contributed by atoms with Gasteiger partial charge < -0.3 is 11.1 Å². The predicted molar refractivity (Wildman–Crippen MR) is 79.6 cm³/mol. The van der Waals surface area contributed by atoms with E-state index in [4.69, 9.17) is 18.0 Å². The van der Waals surface area contributed by atoms with Gasteiger partial charge in [-0.25, -0.2) is 8.42 Å². The Balaban J connectivity index is 2.70. The third-order valence-corrected chi connectivity index (χ3v) is 4.96. The first kappa shape index (κ1) is 16.4. The van der Waals surface area contributed by atoms with Crippen LogP contribution in [0.4, 0.5) is 0 Å². The van der Waals surface area contributed by atoms with Gasteiger partial charge in [-0.1, -0.05) is 37.9 Å². The smallest absolute Gasteiger partial charge is 0.233 e. The maximum atomic E-state index is 12.3. The SMILES string of the molecule is CS(=O)(=O)CCNC(=O)C1(C(N)=S)CCCCCC1. The summed E-state index contributed by atoms with van der Waals surface area (Å²) in [6.45, 7) is 0.113. The molecule has 0 atom stereocenters. The molecule has 0 unspecified atom stereocenters. The number of hydrogen-bond donors (Lipinski definition) is 2. The van der Waals surface area contributed by atoms with Gasteiger partial charge >= 0.3 is 0 Å². The first-order valence-corrected chi connectivity index (χ1v) is 9.01. The average Bonchev–Trinajstić information content (AvgIpc) is 2.53. The van der Waals surface area contributed by atoms with E-state index in [0.29, 0.717) is 12.8 Å². The van der Waals surface area contributed by atoms with E-state index in [9.17, 15) is 13.2 Å². The second kappa shape index (κ2) is 6.65. The highest BCUT2D eigenvalue weighted by atomic mass is 32.2. The summed E-state index contributed by atoms with van der Waals surface area (Å²) in [6.07, 6.45) is 6.49. The van der Waals surface area contributed by atoms with E-state index in [1.54, 1.807) is 0 Å². The molecule has 0 aromatic carbocycles.